The molecule has 4 nitrogen and oxygen atoms in total. The van der Waals surface area contributed by atoms with Crippen molar-refractivity contribution in [3.8, 4) is 0 Å². The highest BCUT2D eigenvalue weighted by Gasteiger charge is 2.32. The number of hydrogen-bond donors (Lipinski definition) is 1. The molecule has 18 heavy (non-hydrogen) atoms. The second-order valence-corrected chi connectivity index (χ2v) is 6.69. The monoisotopic (exact) mass is 268 g/mol. The van der Waals surface area contributed by atoms with Crippen LogP contribution in [0.15, 0.2) is 23.1 Å². The van der Waals surface area contributed by atoms with Crippen LogP contribution in [0.1, 0.15) is 30.9 Å². The van der Waals surface area contributed by atoms with E-state index in [9.17, 15) is 13.2 Å². The van der Waals surface area contributed by atoms with Gasteiger partial charge in [-0.2, -0.15) is 0 Å². The minimum Gasteiger partial charge on any atom is -0.480 e. The molecule has 2 rings (SSSR count). The molecule has 0 saturated heterocycles. The number of hydrogen-bond acceptors (Lipinski definition) is 3. The SMILES string of the molecule is CCC(C(=O)O)S(=O)(=O)c1ccc2c(c1)CCC2. The third-order valence-electron chi connectivity index (χ3n) is 3.42. The second kappa shape index (κ2) is 4.72. The van der Waals surface area contributed by atoms with E-state index in [4.69, 9.17) is 5.11 Å². The van der Waals surface area contributed by atoms with Gasteiger partial charge in [-0.05, 0) is 48.9 Å². The van der Waals surface area contributed by atoms with Crippen LogP contribution < -0.4 is 0 Å². The first-order valence-corrected chi connectivity index (χ1v) is 7.60. The van der Waals surface area contributed by atoms with Crippen LogP contribution >= 0.6 is 0 Å². The molecule has 1 atom stereocenters. The predicted molar refractivity (Wildman–Crippen MR) is 67.4 cm³/mol. The molecular weight excluding hydrogens is 252 g/mol. The molecule has 0 radical (unpaired) electrons. The van der Waals surface area contributed by atoms with Crippen LogP contribution in [-0.4, -0.2) is 24.7 Å². The summed E-state index contributed by atoms with van der Waals surface area (Å²) in [6.45, 7) is 1.57. The minimum absolute atomic E-state index is 0.0781. The zero-order valence-corrected chi connectivity index (χ0v) is 11.0. The lowest BCUT2D eigenvalue weighted by atomic mass is 10.1. The van der Waals surface area contributed by atoms with Crippen molar-refractivity contribution in [2.45, 2.75) is 42.8 Å². The quantitative estimate of drug-likeness (QED) is 0.904. The number of fused-ring (bicyclic) bond motifs is 1. The maximum absolute atomic E-state index is 12.2. The lowest BCUT2D eigenvalue weighted by molar-refractivity contribution is -0.136. The Labute approximate surface area is 107 Å². The van der Waals surface area contributed by atoms with Gasteiger partial charge in [-0.15, -0.1) is 0 Å². The number of rotatable bonds is 4. The average molecular weight is 268 g/mol. The van der Waals surface area contributed by atoms with Crippen molar-refractivity contribution in [1.82, 2.24) is 0 Å². The third kappa shape index (κ3) is 2.14. The van der Waals surface area contributed by atoms with Crippen molar-refractivity contribution >= 4 is 15.8 Å². The lowest BCUT2D eigenvalue weighted by Crippen LogP contribution is -2.29. The zero-order valence-electron chi connectivity index (χ0n) is 10.2. The molecule has 1 N–H and O–H groups in total. The molecule has 0 heterocycles. The zero-order chi connectivity index (χ0) is 13.3. The molecule has 1 aromatic rings. The van der Waals surface area contributed by atoms with Crippen molar-refractivity contribution in [2.75, 3.05) is 0 Å². The Bertz CT molecular complexity index is 575. The fourth-order valence-electron chi connectivity index (χ4n) is 2.42. The number of sulfone groups is 1. The van der Waals surface area contributed by atoms with E-state index < -0.39 is 21.1 Å². The van der Waals surface area contributed by atoms with E-state index >= 15 is 0 Å². The summed E-state index contributed by atoms with van der Waals surface area (Å²) < 4.78 is 24.4. The van der Waals surface area contributed by atoms with Gasteiger partial charge in [0.15, 0.2) is 15.1 Å². The summed E-state index contributed by atoms with van der Waals surface area (Å²) in [6.07, 6.45) is 2.97. The first-order valence-electron chi connectivity index (χ1n) is 6.05. The average Bonchev–Trinajstić information content (AvgIpc) is 2.75. The molecule has 0 aliphatic heterocycles. The van der Waals surface area contributed by atoms with Gasteiger partial charge in [0.05, 0.1) is 4.90 Å². The smallest absolute Gasteiger partial charge is 0.322 e. The van der Waals surface area contributed by atoms with Crippen LogP contribution in [-0.2, 0) is 27.5 Å². The Morgan fingerprint density at radius 2 is 2.00 bits per heavy atom. The van der Waals surface area contributed by atoms with E-state index in [0.717, 1.165) is 24.8 Å². The van der Waals surface area contributed by atoms with E-state index in [-0.39, 0.29) is 11.3 Å². The highest BCUT2D eigenvalue weighted by atomic mass is 32.2. The molecule has 0 spiro atoms. The fraction of sp³-hybridized carbons (Fsp3) is 0.462. The van der Waals surface area contributed by atoms with Gasteiger partial charge >= 0.3 is 5.97 Å². The van der Waals surface area contributed by atoms with Gasteiger partial charge in [-0.25, -0.2) is 8.42 Å². The number of carboxylic acid groups (broad SMARTS) is 1. The van der Waals surface area contributed by atoms with Crippen molar-refractivity contribution in [1.29, 1.82) is 0 Å². The Kier molecular flexibility index (Phi) is 3.43. The molecule has 0 fully saturated rings. The van der Waals surface area contributed by atoms with Crippen LogP contribution in [0.5, 0.6) is 0 Å². The molecule has 5 heteroatoms. The number of carbonyl (C=O) groups is 1. The molecule has 1 unspecified atom stereocenters. The van der Waals surface area contributed by atoms with Crippen LogP contribution in [0.3, 0.4) is 0 Å². The topological polar surface area (TPSA) is 71.4 Å². The molecule has 98 valence electrons. The number of carboxylic acids is 1. The van der Waals surface area contributed by atoms with Crippen molar-refractivity contribution in [3.05, 3.63) is 29.3 Å². The molecule has 0 aromatic heterocycles. The normalized spacial score (nSPS) is 16.3. The van der Waals surface area contributed by atoms with Crippen molar-refractivity contribution in [3.63, 3.8) is 0 Å². The molecule has 0 saturated carbocycles. The van der Waals surface area contributed by atoms with Gasteiger partial charge in [0.25, 0.3) is 0 Å². The Balaban J connectivity index is 2.44. The fourth-order valence-corrected chi connectivity index (χ4v) is 4.01. The predicted octanol–water partition coefficient (Wildman–Crippen LogP) is 1.81. The van der Waals surface area contributed by atoms with Gasteiger partial charge in [0.1, 0.15) is 0 Å². The summed E-state index contributed by atoms with van der Waals surface area (Å²) >= 11 is 0. The molecule has 0 amide bonds. The summed E-state index contributed by atoms with van der Waals surface area (Å²) in [5, 5.41) is 7.63. The minimum atomic E-state index is -3.77. The first kappa shape index (κ1) is 13.1. The van der Waals surface area contributed by atoms with Gasteiger partial charge < -0.3 is 5.11 Å². The molecule has 1 aromatic carbocycles. The molecule has 1 aliphatic carbocycles. The highest BCUT2D eigenvalue weighted by molar-refractivity contribution is 7.92. The summed E-state index contributed by atoms with van der Waals surface area (Å²) in [5.74, 6) is -1.28. The molecule has 1 aliphatic rings. The standard InChI is InChI=1S/C13H16O4S/c1-2-12(13(14)15)18(16,17)11-7-6-9-4-3-5-10(9)8-11/h6-8,12H,2-5H2,1H3,(H,14,15). The summed E-state index contributed by atoms with van der Waals surface area (Å²) in [7, 11) is -3.77. The Morgan fingerprint density at radius 3 is 2.61 bits per heavy atom. The maximum Gasteiger partial charge on any atom is 0.322 e. The number of benzene rings is 1. The van der Waals surface area contributed by atoms with Crippen LogP contribution in [0, 0.1) is 0 Å². The maximum atomic E-state index is 12.2. The lowest BCUT2D eigenvalue weighted by Gasteiger charge is -2.12. The molecular formula is C13H16O4S. The van der Waals surface area contributed by atoms with E-state index in [1.54, 1.807) is 13.0 Å². The highest BCUT2D eigenvalue weighted by Crippen LogP contribution is 2.27. The van der Waals surface area contributed by atoms with Gasteiger partial charge in [-0.3, -0.25) is 4.79 Å². The van der Waals surface area contributed by atoms with Gasteiger partial charge in [0, 0.05) is 0 Å². The van der Waals surface area contributed by atoms with E-state index in [1.807, 2.05) is 6.07 Å². The van der Waals surface area contributed by atoms with Gasteiger partial charge in [-0.1, -0.05) is 13.0 Å². The van der Waals surface area contributed by atoms with Crippen molar-refractivity contribution < 1.29 is 18.3 Å². The Hall–Kier alpha value is -1.36. The van der Waals surface area contributed by atoms with Crippen LogP contribution in [0.25, 0.3) is 0 Å². The second-order valence-electron chi connectivity index (χ2n) is 4.56. The number of aryl methyl sites for hydroxylation is 2. The van der Waals surface area contributed by atoms with Crippen LogP contribution in [0.2, 0.25) is 0 Å². The first-order chi connectivity index (χ1) is 8.46. The van der Waals surface area contributed by atoms with E-state index in [0.29, 0.717) is 0 Å². The van der Waals surface area contributed by atoms with E-state index in [2.05, 4.69) is 0 Å². The largest absolute Gasteiger partial charge is 0.480 e. The van der Waals surface area contributed by atoms with Crippen LogP contribution in [0.4, 0.5) is 0 Å². The van der Waals surface area contributed by atoms with E-state index in [1.165, 1.54) is 11.6 Å². The number of aliphatic carboxylic acids is 1. The van der Waals surface area contributed by atoms with Crippen molar-refractivity contribution in [2.24, 2.45) is 0 Å². The third-order valence-corrected chi connectivity index (χ3v) is 5.61. The summed E-state index contributed by atoms with van der Waals surface area (Å²) in [5.41, 5.74) is 2.22. The Morgan fingerprint density at radius 1 is 1.33 bits per heavy atom. The molecule has 0 bridgehead atoms. The summed E-state index contributed by atoms with van der Waals surface area (Å²) in [4.78, 5) is 11.1. The summed E-state index contributed by atoms with van der Waals surface area (Å²) in [6, 6.07) is 4.98. The van der Waals surface area contributed by atoms with Gasteiger partial charge in [0.2, 0.25) is 0 Å².